The highest BCUT2D eigenvalue weighted by Gasteiger charge is 2.26. The third kappa shape index (κ3) is 4.49. The molecule has 0 saturated heterocycles. The molecule has 0 radical (unpaired) electrons. The number of hydrogen-bond donors (Lipinski definition) is 0. The molecule has 0 spiro atoms. The van der Waals surface area contributed by atoms with Crippen LogP contribution >= 0.6 is 11.6 Å². The van der Waals surface area contributed by atoms with E-state index in [1.54, 1.807) is 42.5 Å². The van der Waals surface area contributed by atoms with Crippen LogP contribution in [0, 0.1) is 0 Å². The van der Waals surface area contributed by atoms with Crippen LogP contribution in [0.4, 0.5) is 5.69 Å². The summed E-state index contributed by atoms with van der Waals surface area (Å²) in [7, 11) is -3.89. The highest BCUT2D eigenvalue weighted by atomic mass is 35.5. The molecule has 0 aliphatic heterocycles. The molecule has 0 saturated carbocycles. The summed E-state index contributed by atoms with van der Waals surface area (Å²) in [6.45, 7) is 2.12. The van der Waals surface area contributed by atoms with Crippen molar-refractivity contribution >= 4 is 32.6 Å². The van der Waals surface area contributed by atoms with Gasteiger partial charge in [-0.3, -0.25) is 9.10 Å². The third-order valence-corrected chi connectivity index (χ3v) is 5.10. The molecule has 0 unspecified atom stereocenters. The van der Waals surface area contributed by atoms with Gasteiger partial charge in [-0.15, -0.1) is 0 Å². The van der Waals surface area contributed by atoms with E-state index in [4.69, 9.17) is 16.3 Å². The average Bonchev–Trinajstić information content (AvgIpc) is 2.59. The molecule has 0 heterocycles. The number of anilines is 1. The summed E-state index contributed by atoms with van der Waals surface area (Å²) in [5.74, 6) is 0.634. The second-order valence-corrected chi connectivity index (χ2v) is 7.31. The van der Waals surface area contributed by atoms with E-state index in [9.17, 15) is 13.2 Å². The molecule has 0 bridgehead atoms. The van der Waals surface area contributed by atoms with Crippen molar-refractivity contribution in [3.63, 3.8) is 0 Å². The standard InChI is InChI=1S/C17H18ClNO4S/c1-2-12-23-15-10-8-14(9-11-15)19(13-17(18)20)24(21,22)16-6-4-3-5-7-16/h3-11H,2,12-13H2,1H3. The molecule has 2 rings (SSSR count). The van der Waals surface area contributed by atoms with Gasteiger partial charge in [0, 0.05) is 0 Å². The van der Waals surface area contributed by atoms with Crippen LogP contribution in [-0.4, -0.2) is 26.8 Å². The first-order valence-electron chi connectivity index (χ1n) is 7.44. The Morgan fingerprint density at radius 1 is 1.08 bits per heavy atom. The maximum atomic E-state index is 12.8. The van der Waals surface area contributed by atoms with Crippen molar-refractivity contribution < 1.29 is 17.9 Å². The fourth-order valence-corrected chi connectivity index (χ4v) is 3.71. The van der Waals surface area contributed by atoms with Crippen LogP contribution in [0.15, 0.2) is 59.5 Å². The molecule has 0 amide bonds. The molecule has 24 heavy (non-hydrogen) atoms. The van der Waals surface area contributed by atoms with Crippen LogP contribution in [0.5, 0.6) is 5.75 Å². The molecule has 5 nitrogen and oxygen atoms in total. The smallest absolute Gasteiger partial charge is 0.264 e. The summed E-state index contributed by atoms with van der Waals surface area (Å²) in [6.07, 6.45) is 0.872. The normalized spacial score (nSPS) is 11.1. The first-order valence-corrected chi connectivity index (χ1v) is 9.26. The van der Waals surface area contributed by atoms with E-state index in [0.717, 1.165) is 10.7 Å². The SMILES string of the molecule is CCCOc1ccc(N(CC(=O)Cl)S(=O)(=O)c2ccccc2)cc1. The summed E-state index contributed by atoms with van der Waals surface area (Å²) in [5, 5.41) is -0.763. The maximum Gasteiger partial charge on any atom is 0.264 e. The Hall–Kier alpha value is -2.05. The van der Waals surface area contributed by atoms with Crippen LogP contribution in [0.1, 0.15) is 13.3 Å². The Labute approximate surface area is 146 Å². The lowest BCUT2D eigenvalue weighted by Crippen LogP contribution is -2.34. The van der Waals surface area contributed by atoms with Gasteiger partial charge in [-0.05, 0) is 54.4 Å². The molecular weight excluding hydrogens is 350 g/mol. The summed E-state index contributed by atoms with van der Waals surface area (Å²) in [6, 6.07) is 14.4. The van der Waals surface area contributed by atoms with E-state index in [1.165, 1.54) is 12.1 Å². The average molecular weight is 368 g/mol. The van der Waals surface area contributed by atoms with E-state index < -0.39 is 21.8 Å². The second-order valence-electron chi connectivity index (χ2n) is 5.02. The highest BCUT2D eigenvalue weighted by molar-refractivity contribution is 7.92. The predicted molar refractivity (Wildman–Crippen MR) is 94.1 cm³/mol. The molecule has 2 aromatic rings. The van der Waals surface area contributed by atoms with Gasteiger partial charge in [-0.1, -0.05) is 25.1 Å². The summed E-state index contributed by atoms with van der Waals surface area (Å²) >= 11 is 5.45. The molecule has 128 valence electrons. The van der Waals surface area contributed by atoms with Crippen molar-refractivity contribution in [2.24, 2.45) is 0 Å². The van der Waals surface area contributed by atoms with Crippen molar-refractivity contribution in [3.05, 3.63) is 54.6 Å². The van der Waals surface area contributed by atoms with E-state index >= 15 is 0 Å². The van der Waals surface area contributed by atoms with Crippen molar-refractivity contribution in [1.82, 2.24) is 0 Å². The number of carbonyl (C=O) groups excluding carboxylic acids is 1. The number of nitrogens with zero attached hydrogens (tertiary/aromatic N) is 1. The fraction of sp³-hybridized carbons (Fsp3) is 0.235. The topological polar surface area (TPSA) is 63.7 Å². The number of carbonyl (C=O) groups is 1. The first-order chi connectivity index (χ1) is 11.4. The van der Waals surface area contributed by atoms with E-state index in [1.807, 2.05) is 6.92 Å². The van der Waals surface area contributed by atoms with Gasteiger partial charge < -0.3 is 4.74 Å². The molecule has 0 atom stereocenters. The van der Waals surface area contributed by atoms with Crippen molar-refractivity contribution in [2.45, 2.75) is 18.2 Å². The lowest BCUT2D eigenvalue weighted by Gasteiger charge is -2.23. The van der Waals surface area contributed by atoms with Gasteiger partial charge in [0.15, 0.2) is 0 Å². The first kappa shape index (κ1) is 18.3. The Bertz CT molecular complexity index is 776. The zero-order valence-electron chi connectivity index (χ0n) is 13.2. The fourth-order valence-electron chi connectivity index (χ4n) is 2.08. The minimum Gasteiger partial charge on any atom is -0.494 e. The highest BCUT2D eigenvalue weighted by Crippen LogP contribution is 2.26. The zero-order chi connectivity index (χ0) is 17.6. The van der Waals surface area contributed by atoms with Crippen LogP contribution in [0.2, 0.25) is 0 Å². The molecule has 7 heteroatoms. The molecule has 0 aliphatic rings. The summed E-state index contributed by atoms with van der Waals surface area (Å²) in [5.41, 5.74) is 0.344. The van der Waals surface area contributed by atoms with E-state index in [2.05, 4.69) is 0 Å². The number of hydrogen-bond acceptors (Lipinski definition) is 4. The van der Waals surface area contributed by atoms with Gasteiger partial charge in [0.2, 0.25) is 5.24 Å². The van der Waals surface area contributed by atoms with Gasteiger partial charge in [0.1, 0.15) is 12.3 Å². The van der Waals surface area contributed by atoms with Crippen molar-refractivity contribution in [3.8, 4) is 5.75 Å². The van der Waals surface area contributed by atoms with Gasteiger partial charge in [0.05, 0.1) is 17.2 Å². The van der Waals surface area contributed by atoms with Gasteiger partial charge >= 0.3 is 0 Å². The Balaban J connectivity index is 2.37. The van der Waals surface area contributed by atoms with Crippen molar-refractivity contribution in [1.29, 1.82) is 0 Å². The number of halogens is 1. The van der Waals surface area contributed by atoms with E-state index in [0.29, 0.717) is 18.0 Å². The molecule has 0 aromatic heterocycles. The van der Waals surface area contributed by atoms with Gasteiger partial charge in [-0.25, -0.2) is 8.42 Å². The summed E-state index contributed by atoms with van der Waals surface area (Å²) in [4.78, 5) is 11.4. The number of rotatable bonds is 8. The number of ether oxygens (including phenoxy) is 1. The minimum absolute atomic E-state index is 0.0919. The Morgan fingerprint density at radius 2 is 1.71 bits per heavy atom. The zero-order valence-corrected chi connectivity index (χ0v) is 14.8. The third-order valence-electron chi connectivity index (χ3n) is 3.20. The number of benzene rings is 2. The monoisotopic (exact) mass is 367 g/mol. The Morgan fingerprint density at radius 3 is 2.25 bits per heavy atom. The van der Waals surface area contributed by atoms with Gasteiger partial charge in [0.25, 0.3) is 10.0 Å². The quantitative estimate of drug-likeness (QED) is 0.670. The number of sulfonamides is 1. The predicted octanol–water partition coefficient (Wildman–Crippen LogP) is 3.44. The van der Waals surface area contributed by atoms with Crippen molar-refractivity contribution in [2.75, 3.05) is 17.5 Å². The summed E-state index contributed by atoms with van der Waals surface area (Å²) < 4.78 is 32.1. The maximum absolute atomic E-state index is 12.8. The largest absolute Gasteiger partial charge is 0.494 e. The lowest BCUT2D eigenvalue weighted by atomic mass is 10.3. The molecule has 0 aliphatic carbocycles. The van der Waals surface area contributed by atoms with Gasteiger partial charge in [-0.2, -0.15) is 0 Å². The Kier molecular flexibility index (Phi) is 6.23. The van der Waals surface area contributed by atoms with E-state index in [-0.39, 0.29) is 4.90 Å². The van der Waals surface area contributed by atoms with Crippen LogP contribution in [0.3, 0.4) is 0 Å². The second kappa shape index (κ2) is 8.17. The molecular formula is C17H18ClNO4S. The molecule has 0 N–H and O–H groups in total. The van der Waals surface area contributed by atoms with Crippen LogP contribution in [-0.2, 0) is 14.8 Å². The molecule has 2 aromatic carbocycles. The molecule has 0 fully saturated rings. The lowest BCUT2D eigenvalue weighted by molar-refractivity contribution is -0.110. The minimum atomic E-state index is -3.89. The van der Waals surface area contributed by atoms with Crippen LogP contribution in [0.25, 0.3) is 0 Å². The van der Waals surface area contributed by atoms with Crippen LogP contribution < -0.4 is 9.04 Å².